The van der Waals surface area contributed by atoms with Gasteiger partial charge >= 0.3 is 0 Å². The molecule has 6 heteroatoms. The summed E-state index contributed by atoms with van der Waals surface area (Å²) in [6.45, 7) is 3.01. The van der Waals surface area contributed by atoms with Crippen molar-refractivity contribution in [2.24, 2.45) is 5.10 Å². The summed E-state index contributed by atoms with van der Waals surface area (Å²) in [7, 11) is 0. The van der Waals surface area contributed by atoms with Gasteiger partial charge in [-0.3, -0.25) is 5.43 Å². The molecule has 152 valence electrons. The van der Waals surface area contributed by atoms with Gasteiger partial charge in [-0.1, -0.05) is 60.7 Å². The van der Waals surface area contributed by atoms with Crippen LogP contribution in [0.1, 0.15) is 44.6 Å². The number of hydrazone groups is 1. The highest BCUT2D eigenvalue weighted by Gasteiger charge is 2.03. The van der Waals surface area contributed by atoms with Crippen LogP contribution in [0.2, 0.25) is 0 Å². The Labute approximate surface area is 185 Å². The molecule has 0 unspecified atom stereocenters. The van der Waals surface area contributed by atoms with Crippen LogP contribution in [-0.2, 0) is 0 Å². The minimum absolute atomic E-state index is 0.766. The summed E-state index contributed by atoms with van der Waals surface area (Å²) < 4.78 is 6.85. The Bertz CT molecular complexity index is 891. The van der Waals surface area contributed by atoms with E-state index in [1.807, 2.05) is 53.9 Å². The van der Waals surface area contributed by atoms with Crippen molar-refractivity contribution in [2.45, 2.75) is 39.0 Å². The Balaban J connectivity index is 1.44. The standard InChI is InChI=1S/C23H26BrN3OS/c1-2-3-4-5-6-15-28-21-13-7-18(8-14-21)16-25-27-23-26-22(17-29-23)19-9-11-20(24)12-10-19/h7-14,16-17H,2-6,15H2,1H3,(H,26,27). The third-order valence-electron chi connectivity index (χ3n) is 4.41. The summed E-state index contributed by atoms with van der Waals surface area (Å²) in [6, 6.07) is 16.1. The Morgan fingerprint density at radius 3 is 2.55 bits per heavy atom. The van der Waals surface area contributed by atoms with Gasteiger partial charge in [0.15, 0.2) is 0 Å². The van der Waals surface area contributed by atoms with Crippen molar-refractivity contribution >= 4 is 38.6 Å². The third kappa shape index (κ3) is 7.29. The average Bonchev–Trinajstić information content (AvgIpc) is 3.21. The number of anilines is 1. The van der Waals surface area contributed by atoms with E-state index in [0.717, 1.165) is 45.2 Å². The van der Waals surface area contributed by atoms with Crippen LogP contribution in [-0.4, -0.2) is 17.8 Å². The number of hydrogen-bond acceptors (Lipinski definition) is 5. The average molecular weight is 472 g/mol. The maximum Gasteiger partial charge on any atom is 0.203 e. The zero-order valence-electron chi connectivity index (χ0n) is 16.6. The molecular weight excluding hydrogens is 446 g/mol. The molecule has 29 heavy (non-hydrogen) atoms. The first-order valence-electron chi connectivity index (χ1n) is 9.98. The smallest absolute Gasteiger partial charge is 0.203 e. The first kappa shape index (κ1) is 21.5. The van der Waals surface area contributed by atoms with Crippen LogP contribution in [0.5, 0.6) is 5.75 Å². The molecular formula is C23H26BrN3OS. The number of nitrogens with one attached hydrogen (secondary N) is 1. The number of ether oxygens (including phenoxy) is 1. The number of halogens is 1. The van der Waals surface area contributed by atoms with Crippen molar-refractivity contribution in [2.75, 3.05) is 12.0 Å². The quantitative estimate of drug-likeness (QED) is 0.180. The molecule has 1 heterocycles. The predicted molar refractivity (Wildman–Crippen MR) is 127 cm³/mol. The molecule has 3 aromatic rings. The summed E-state index contributed by atoms with van der Waals surface area (Å²) in [5.41, 5.74) is 6.04. The number of aromatic nitrogens is 1. The molecule has 0 saturated heterocycles. The van der Waals surface area contributed by atoms with Crippen LogP contribution < -0.4 is 10.2 Å². The van der Waals surface area contributed by atoms with Gasteiger partial charge in [0.25, 0.3) is 0 Å². The minimum atomic E-state index is 0.766. The normalized spacial score (nSPS) is 11.1. The SMILES string of the molecule is CCCCCCCOc1ccc(C=NNc2nc(-c3ccc(Br)cc3)cs2)cc1. The van der Waals surface area contributed by atoms with Crippen molar-refractivity contribution in [3.8, 4) is 17.0 Å². The van der Waals surface area contributed by atoms with Gasteiger partial charge in [0.05, 0.1) is 18.5 Å². The monoisotopic (exact) mass is 471 g/mol. The van der Waals surface area contributed by atoms with Crippen molar-refractivity contribution in [3.05, 3.63) is 63.9 Å². The summed E-state index contributed by atoms with van der Waals surface area (Å²) >= 11 is 4.98. The topological polar surface area (TPSA) is 46.5 Å². The summed E-state index contributed by atoms with van der Waals surface area (Å²) in [5.74, 6) is 0.907. The molecule has 0 spiro atoms. The first-order chi connectivity index (χ1) is 14.2. The van der Waals surface area contributed by atoms with E-state index in [1.54, 1.807) is 6.21 Å². The molecule has 0 aliphatic carbocycles. The Hall–Kier alpha value is -2.18. The van der Waals surface area contributed by atoms with Crippen molar-refractivity contribution in [3.63, 3.8) is 0 Å². The lowest BCUT2D eigenvalue weighted by Crippen LogP contribution is -1.97. The van der Waals surface area contributed by atoms with E-state index in [1.165, 1.54) is 37.0 Å². The molecule has 0 fully saturated rings. The number of thiazole rings is 1. The molecule has 1 N–H and O–H groups in total. The zero-order chi connectivity index (χ0) is 20.3. The molecule has 2 aromatic carbocycles. The lowest BCUT2D eigenvalue weighted by Gasteiger charge is -2.06. The highest BCUT2D eigenvalue weighted by molar-refractivity contribution is 9.10. The molecule has 3 rings (SSSR count). The van der Waals surface area contributed by atoms with Gasteiger partial charge in [0, 0.05) is 15.4 Å². The van der Waals surface area contributed by atoms with E-state index in [-0.39, 0.29) is 0 Å². The van der Waals surface area contributed by atoms with Gasteiger partial charge in [-0.25, -0.2) is 4.98 Å². The molecule has 0 bridgehead atoms. The van der Waals surface area contributed by atoms with E-state index < -0.39 is 0 Å². The molecule has 0 saturated carbocycles. The van der Waals surface area contributed by atoms with E-state index in [2.05, 4.69) is 38.4 Å². The fraction of sp³-hybridized carbons (Fsp3) is 0.304. The highest BCUT2D eigenvalue weighted by Crippen LogP contribution is 2.26. The second-order valence-electron chi connectivity index (χ2n) is 6.75. The minimum Gasteiger partial charge on any atom is -0.494 e. The van der Waals surface area contributed by atoms with Crippen LogP contribution in [0.15, 0.2) is 63.5 Å². The van der Waals surface area contributed by atoms with E-state index in [4.69, 9.17) is 4.74 Å². The summed E-state index contributed by atoms with van der Waals surface area (Å²) in [6.07, 6.45) is 8.02. The molecule has 0 aliphatic heterocycles. The van der Waals surface area contributed by atoms with E-state index in [9.17, 15) is 0 Å². The Morgan fingerprint density at radius 1 is 1.03 bits per heavy atom. The fourth-order valence-electron chi connectivity index (χ4n) is 2.79. The first-order valence-corrected chi connectivity index (χ1v) is 11.7. The number of nitrogens with zero attached hydrogens (tertiary/aromatic N) is 2. The Morgan fingerprint density at radius 2 is 1.79 bits per heavy atom. The molecule has 4 nitrogen and oxygen atoms in total. The van der Waals surface area contributed by atoms with Crippen molar-refractivity contribution < 1.29 is 4.74 Å². The second-order valence-corrected chi connectivity index (χ2v) is 8.52. The molecule has 0 amide bonds. The summed E-state index contributed by atoms with van der Waals surface area (Å²) in [4.78, 5) is 4.57. The van der Waals surface area contributed by atoms with Crippen LogP contribution in [0.4, 0.5) is 5.13 Å². The van der Waals surface area contributed by atoms with Crippen LogP contribution >= 0.6 is 27.3 Å². The van der Waals surface area contributed by atoms with Crippen molar-refractivity contribution in [1.82, 2.24) is 4.98 Å². The molecule has 0 radical (unpaired) electrons. The molecule has 0 aliphatic rings. The van der Waals surface area contributed by atoms with Gasteiger partial charge in [-0.05, 0) is 48.4 Å². The maximum atomic E-state index is 5.80. The zero-order valence-corrected chi connectivity index (χ0v) is 19.0. The van der Waals surface area contributed by atoms with E-state index in [0.29, 0.717) is 0 Å². The molecule has 0 atom stereocenters. The number of unbranched alkanes of at least 4 members (excludes halogenated alkanes) is 4. The predicted octanol–water partition coefficient (Wildman–Crippen LogP) is 7.37. The maximum absolute atomic E-state index is 5.80. The largest absolute Gasteiger partial charge is 0.494 e. The van der Waals surface area contributed by atoms with Gasteiger partial charge in [0.1, 0.15) is 5.75 Å². The van der Waals surface area contributed by atoms with Gasteiger partial charge in [-0.15, -0.1) is 11.3 Å². The van der Waals surface area contributed by atoms with Crippen LogP contribution in [0.3, 0.4) is 0 Å². The highest BCUT2D eigenvalue weighted by atomic mass is 79.9. The lowest BCUT2D eigenvalue weighted by atomic mass is 10.2. The van der Waals surface area contributed by atoms with Crippen LogP contribution in [0.25, 0.3) is 11.3 Å². The van der Waals surface area contributed by atoms with Crippen LogP contribution in [0, 0.1) is 0 Å². The van der Waals surface area contributed by atoms with Gasteiger partial charge < -0.3 is 4.74 Å². The number of rotatable bonds is 11. The van der Waals surface area contributed by atoms with Crippen molar-refractivity contribution in [1.29, 1.82) is 0 Å². The lowest BCUT2D eigenvalue weighted by molar-refractivity contribution is 0.304. The van der Waals surface area contributed by atoms with Gasteiger partial charge in [0.2, 0.25) is 5.13 Å². The van der Waals surface area contributed by atoms with Gasteiger partial charge in [-0.2, -0.15) is 5.10 Å². The Kier molecular flexibility index (Phi) is 8.71. The fourth-order valence-corrected chi connectivity index (χ4v) is 3.72. The second kappa shape index (κ2) is 11.7. The number of hydrogen-bond donors (Lipinski definition) is 1. The molecule has 1 aromatic heterocycles. The van der Waals surface area contributed by atoms with E-state index >= 15 is 0 Å². The number of benzene rings is 2. The third-order valence-corrected chi connectivity index (χ3v) is 5.69. The summed E-state index contributed by atoms with van der Waals surface area (Å²) in [5, 5.41) is 7.08.